The first-order valence-electron chi connectivity index (χ1n) is 11.8. The molecule has 0 fully saturated rings. The maximum atomic E-state index is 12.0. The smallest absolute Gasteiger partial charge is 0.220 e. The normalized spacial score (nSPS) is 13.5. The summed E-state index contributed by atoms with van der Waals surface area (Å²) >= 11 is 0. The molecule has 0 saturated heterocycles. The molecule has 0 spiro atoms. The summed E-state index contributed by atoms with van der Waals surface area (Å²) in [5.74, 6) is 0.150. The van der Waals surface area contributed by atoms with Gasteiger partial charge in [-0.2, -0.15) is 0 Å². The molecule has 164 valence electrons. The number of aliphatic hydroxyl groups is 1. The summed E-state index contributed by atoms with van der Waals surface area (Å²) in [5, 5.41) is 13.0. The molecule has 0 heterocycles. The predicted octanol–water partition coefficient (Wildman–Crippen LogP) is 6.87. The monoisotopic (exact) mass is 401 g/mol. The van der Waals surface area contributed by atoms with E-state index in [4.69, 9.17) is 0 Å². The third kappa shape index (κ3) is 14.1. The number of carbonyl (C=O) groups excluding carboxylic acids is 1. The van der Waals surface area contributed by atoms with Crippen LogP contribution in [0, 0.1) is 0 Å². The molecule has 0 aromatic heterocycles. The van der Waals surface area contributed by atoms with Crippen molar-refractivity contribution in [1.29, 1.82) is 0 Å². The van der Waals surface area contributed by atoms with Gasteiger partial charge >= 0.3 is 0 Å². The average Bonchev–Trinajstić information content (AvgIpc) is 2.73. The number of aliphatic hydroxyl groups excluding tert-OH is 1. The minimum atomic E-state index is -0.168. The van der Waals surface area contributed by atoms with Crippen molar-refractivity contribution in [3.63, 3.8) is 0 Å². The van der Waals surface area contributed by atoms with Gasteiger partial charge in [0.2, 0.25) is 5.91 Å². The molecule has 1 aromatic carbocycles. The number of hydrogen-bond donors (Lipinski definition) is 2. The van der Waals surface area contributed by atoms with E-state index in [2.05, 4.69) is 24.4 Å². The zero-order chi connectivity index (χ0) is 21.2. The van der Waals surface area contributed by atoms with Crippen LogP contribution in [0.2, 0.25) is 0 Å². The van der Waals surface area contributed by atoms with Crippen LogP contribution in [0.4, 0.5) is 0 Å². The third-order valence-corrected chi connectivity index (χ3v) is 5.42. The standard InChI is InChI=1S/C26H43NO2/c1-3-4-5-15-20-25(28)21-16-10-8-6-7-9-11-17-22-26(29)27-23(2)24-18-13-12-14-19-24/h10,12-14,16,18-19,23,25,28H,3-9,11,15,17,20-22H2,1-2H3,(H,27,29). The number of amides is 1. The molecule has 0 bridgehead atoms. The Morgan fingerprint density at radius 2 is 1.66 bits per heavy atom. The van der Waals surface area contributed by atoms with Gasteiger partial charge in [0.1, 0.15) is 0 Å². The zero-order valence-electron chi connectivity index (χ0n) is 18.7. The fraction of sp³-hybridized carbons (Fsp3) is 0.654. The zero-order valence-corrected chi connectivity index (χ0v) is 18.7. The number of carbonyl (C=O) groups is 1. The number of unbranched alkanes of at least 4 members (excludes halogenated alkanes) is 8. The average molecular weight is 402 g/mol. The van der Waals surface area contributed by atoms with Gasteiger partial charge in [-0.1, -0.05) is 94.4 Å². The first-order valence-corrected chi connectivity index (χ1v) is 11.8. The topological polar surface area (TPSA) is 49.3 Å². The van der Waals surface area contributed by atoms with Gasteiger partial charge in [0, 0.05) is 6.42 Å². The van der Waals surface area contributed by atoms with E-state index in [0.29, 0.717) is 6.42 Å². The maximum absolute atomic E-state index is 12.0. The summed E-state index contributed by atoms with van der Waals surface area (Å²) in [6, 6.07) is 10.2. The molecule has 0 aliphatic rings. The van der Waals surface area contributed by atoms with E-state index < -0.39 is 0 Å². The molecule has 1 aromatic rings. The Bertz CT molecular complexity index is 541. The van der Waals surface area contributed by atoms with Crippen LogP contribution in [-0.4, -0.2) is 17.1 Å². The van der Waals surface area contributed by atoms with Crippen molar-refractivity contribution in [3.05, 3.63) is 48.0 Å². The number of allylic oxidation sites excluding steroid dienone is 1. The Morgan fingerprint density at radius 1 is 0.966 bits per heavy atom. The van der Waals surface area contributed by atoms with E-state index in [-0.39, 0.29) is 18.1 Å². The van der Waals surface area contributed by atoms with Gasteiger partial charge < -0.3 is 10.4 Å². The number of rotatable bonds is 17. The number of hydrogen-bond acceptors (Lipinski definition) is 2. The molecule has 2 N–H and O–H groups in total. The summed E-state index contributed by atoms with van der Waals surface area (Å²) in [5.41, 5.74) is 1.15. The predicted molar refractivity (Wildman–Crippen MR) is 124 cm³/mol. The van der Waals surface area contributed by atoms with Gasteiger partial charge in [0.05, 0.1) is 12.1 Å². The third-order valence-electron chi connectivity index (χ3n) is 5.42. The van der Waals surface area contributed by atoms with Crippen molar-refractivity contribution in [2.45, 2.75) is 109 Å². The Labute approximate surface area is 179 Å². The molecule has 0 aliphatic carbocycles. The highest BCUT2D eigenvalue weighted by Gasteiger charge is 2.08. The lowest BCUT2D eigenvalue weighted by Gasteiger charge is -2.14. The molecule has 1 rings (SSSR count). The van der Waals surface area contributed by atoms with Gasteiger partial charge in [-0.25, -0.2) is 0 Å². The second-order valence-corrected chi connectivity index (χ2v) is 8.22. The van der Waals surface area contributed by atoms with Crippen molar-refractivity contribution in [2.75, 3.05) is 0 Å². The summed E-state index contributed by atoms with van der Waals surface area (Å²) in [7, 11) is 0. The molecular formula is C26H43NO2. The molecule has 3 nitrogen and oxygen atoms in total. The lowest BCUT2D eigenvalue weighted by atomic mass is 10.1. The van der Waals surface area contributed by atoms with Crippen LogP contribution in [0.15, 0.2) is 42.5 Å². The molecule has 2 unspecified atom stereocenters. The van der Waals surface area contributed by atoms with Crippen molar-refractivity contribution in [3.8, 4) is 0 Å². The lowest BCUT2D eigenvalue weighted by Crippen LogP contribution is -2.26. The van der Waals surface area contributed by atoms with Crippen LogP contribution in [0.5, 0.6) is 0 Å². The first kappa shape index (κ1) is 25.4. The molecular weight excluding hydrogens is 358 g/mol. The molecule has 2 atom stereocenters. The highest BCUT2D eigenvalue weighted by molar-refractivity contribution is 5.76. The van der Waals surface area contributed by atoms with Crippen molar-refractivity contribution in [1.82, 2.24) is 5.32 Å². The quantitative estimate of drug-likeness (QED) is 0.221. The van der Waals surface area contributed by atoms with Gasteiger partial charge in [-0.3, -0.25) is 4.79 Å². The van der Waals surface area contributed by atoms with Gasteiger partial charge in [-0.15, -0.1) is 0 Å². The van der Waals surface area contributed by atoms with Crippen molar-refractivity contribution < 1.29 is 9.90 Å². The van der Waals surface area contributed by atoms with Gasteiger partial charge in [0.15, 0.2) is 0 Å². The first-order chi connectivity index (χ1) is 14.1. The van der Waals surface area contributed by atoms with Crippen LogP contribution >= 0.6 is 0 Å². The van der Waals surface area contributed by atoms with Crippen LogP contribution in [0.25, 0.3) is 0 Å². The second-order valence-electron chi connectivity index (χ2n) is 8.22. The van der Waals surface area contributed by atoms with Crippen LogP contribution in [-0.2, 0) is 4.79 Å². The SMILES string of the molecule is CCCCCCC(O)CC=CCCCCCCCC(=O)NC(C)c1ccccc1. The van der Waals surface area contributed by atoms with E-state index in [0.717, 1.165) is 44.1 Å². The highest BCUT2D eigenvalue weighted by atomic mass is 16.3. The van der Waals surface area contributed by atoms with E-state index >= 15 is 0 Å². The molecule has 0 radical (unpaired) electrons. The van der Waals surface area contributed by atoms with Crippen molar-refractivity contribution in [2.24, 2.45) is 0 Å². The number of benzene rings is 1. The van der Waals surface area contributed by atoms with Crippen LogP contribution in [0.1, 0.15) is 109 Å². The molecule has 29 heavy (non-hydrogen) atoms. The second kappa shape index (κ2) is 17.3. The largest absolute Gasteiger partial charge is 0.393 e. The fourth-order valence-electron chi connectivity index (χ4n) is 3.51. The molecule has 3 heteroatoms. The minimum Gasteiger partial charge on any atom is -0.393 e. The summed E-state index contributed by atoms with van der Waals surface area (Å²) in [4.78, 5) is 12.0. The fourth-order valence-corrected chi connectivity index (χ4v) is 3.51. The number of nitrogens with one attached hydrogen (secondary N) is 1. The Balaban J connectivity index is 1.93. The van der Waals surface area contributed by atoms with E-state index in [1.54, 1.807) is 0 Å². The summed E-state index contributed by atoms with van der Waals surface area (Å²) in [6.07, 6.45) is 18.2. The Kier molecular flexibility index (Phi) is 15.1. The van der Waals surface area contributed by atoms with Crippen LogP contribution in [0.3, 0.4) is 0 Å². The summed E-state index contributed by atoms with van der Waals surface area (Å²) < 4.78 is 0. The molecule has 1 amide bonds. The summed E-state index contributed by atoms with van der Waals surface area (Å²) in [6.45, 7) is 4.25. The Morgan fingerprint density at radius 3 is 2.41 bits per heavy atom. The Hall–Kier alpha value is -1.61. The lowest BCUT2D eigenvalue weighted by molar-refractivity contribution is -0.121. The van der Waals surface area contributed by atoms with Crippen LogP contribution < -0.4 is 5.32 Å². The minimum absolute atomic E-state index is 0.0744. The molecule has 0 aliphatic heterocycles. The highest BCUT2D eigenvalue weighted by Crippen LogP contribution is 2.13. The van der Waals surface area contributed by atoms with Crippen molar-refractivity contribution >= 4 is 5.91 Å². The maximum Gasteiger partial charge on any atom is 0.220 e. The van der Waals surface area contributed by atoms with E-state index in [1.807, 2.05) is 37.3 Å². The molecule has 0 saturated carbocycles. The van der Waals surface area contributed by atoms with Gasteiger partial charge in [0.25, 0.3) is 0 Å². The van der Waals surface area contributed by atoms with E-state index in [9.17, 15) is 9.90 Å². The van der Waals surface area contributed by atoms with Gasteiger partial charge in [-0.05, 0) is 44.6 Å². The van der Waals surface area contributed by atoms with E-state index in [1.165, 1.54) is 38.5 Å².